The van der Waals surface area contributed by atoms with Crippen LogP contribution in [0.25, 0.3) is 16.6 Å². The Bertz CT molecular complexity index is 877. The first-order valence-corrected chi connectivity index (χ1v) is 8.82. The minimum Gasteiger partial charge on any atom is -0.481 e. The summed E-state index contributed by atoms with van der Waals surface area (Å²) in [5, 5.41) is 10.4. The fraction of sp³-hybridized carbons (Fsp3) is 0.286. The Labute approximate surface area is 147 Å². The minimum atomic E-state index is -0.652. The van der Waals surface area contributed by atoms with Crippen LogP contribution in [0.2, 0.25) is 0 Å². The molecule has 1 aromatic heterocycles. The van der Waals surface area contributed by atoms with Crippen LogP contribution in [-0.4, -0.2) is 33.6 Å². The molecule has 1 N–H and O–H groups in total. The Morgan fingerprint density at radius 2 is 1.68 bits per heavy atom. The van der Waals surface area contributed by atoms with E-state index in [1.807, 2.05) is 6.07 Å². The van der Waals surface area contributed by atoms with Gasteiger partial charge in [0.1, 0.15) is 0 Å². The molecule has 4 rings (SSSR count). The first-order chi connectivity index (χ1) is 12.2. The van der Waals surface area contributed by atoms with Gasteiger partial charge in [-0.1, -0.05) is 36.4 Å². The summed E-state index contributed by atoms with van der Waals surface area (Å²) >= 11 is 0. The molecule has 4 heteroatoms. The first kappa shape index (κ1) is 15.9. The summed E-state index contributed by atoms with van der Waals surface area (Å²) in [5.74, 6) is -0.831. The van der Waals surface area contributed by atoms with Crippen molar-refractivity contribution in [1.29, 1.82) is 0 Å². The molecule has 0 amide bonds. The van der Waals surface area contributed by atoms with Crippen LogP contribution < -0.4 is 0 Å². The number of likely N-dealkylation sites (tertiary alicyclic amines) is 1. The maximum absolute atomic E-state index is 11.1. The monoisotopic (exact) mass is 334 g/mol. The minimum absolute atomic E-state index is 0.179. The molecule has 4 nitrogen and oxygen atoms in total. The number of aliphatic carboxylic acids is 1. The molecule has 0 unspecified atom stereocenters. The van der Waals surface area contributed by atoms with Gasteiger partial charge >= 0.3 is 5.97 Å². The number of hydrogen-bond acceptors (Lipinski definition) is 2. The molecule has 0 atom stereocenters. The van der Waals surface area contributed by atoms with Gasteiger partial charge in [0.25, 0.3) is 0 Å². The van der Waals surface area contributed by atoms with Gasteiger partial charge in [0, 0.05) is 23.8 Å². The number of aromatic nitrogens is 1. The van der Waals surface area contributed by atoms with E-state index >= 15 is 0 Å². The highest BCUT2D eigenvalue weighted by molar-refractivity contribution is 5.85. The number of rotatable bonds is 4. The van der Waals surface area contributed by atoms with Crippen molar-refractivity contribution in [3.8, 4) is 5.69 Å². The Balaban J connectivity index is 1.62. The molecule has 0 saturated carbocycles. The zero-order valence-electron chi connectivity index (χ0n) is 14.1. The smallest absolute Gasteiger partial charge is 0.306 e. The van der Waals surface area contributed by atoms with Crippen LogP contribution in [0.4, 0.5) is 0 Å². The molecule has 1 aliphatic rings. The molecule has 1 aliphatic heterocycles. The predicted octanol–water partition coefficient (Wildman–Crippen LogP) is 3.93. The van der Waals surface area contributed by atoms with Crippen LogP contribution in [0.5, 0.6) is 0 Å². The molecule has 2 heterocycles. The molecule has 1 saturated heterocycles. The second-order valence-electron chi connectivity index (χ2n) is 6.77. The van der Waals surface area contributed by atoms with Crippen molar-refractivity contribution >= 4 is 16.9 Å². The lowest BCUT2D eigenvalue weighted by Gasteiger charge is -2.29. The molecular weight excluding hydrogens is 312 g/mol. The van der Waals surface area contributed by atoms with E-state index in [0.29, 0.717) is 0 Å². The summed E-state index contributed by atoms with van der Waals surface area (Å²) in [4.78, 5) is 13.5. The Kier molecular flexibility index (Phi) is 4.28. The maximum Gasteiger partial charge on any atom is 0.306 e. The molecular formula is C21H22N2O2. The summed E-state index contributed by atoms with van der Waals surface area (Å²) < 4.78 is 2.24. The predicted molar refractivity (Wildman–Crippen MR) is 98.9 cm³/mol. The van der Waals surface area contributed by atoms with Gasteiger partial charge in [-0.15, -0.1) is 0 Å². The van der Waals surface area contributed by atoms with Crippen molar-refractivity contribution in [2.75, 3.05) is 13.1 Å². The number of carbonyl (C=O) groups is 1. The highest BCUT2D eigenvalue weighted by atomic mass is 16.4. The van der Waals surface area contributed by atoms with Crippen LogP contribution in [0.3, 0.4) is 0 Å². The average Bonchev–Trinajstić information content (AvgIpc) is 3.02. The van der Waals surface area contributed by atoms with Gasteiger partial charge in [0.2, 0.25) is 0 Å². The molecule has 2 aromatic carbocycles. The average molecular weight is 334 g/mol. The highest BCUT2D eigenvalue weighted by Gasteiger charge is 2.25. The standard InChI is InChI=1S/C21H22N2O2/c24-21(25)16-10-12-22(13-11-16)14-17-15-23(18-6-2-1-3-7-18)20-9-5-4-8-19(17)20/h1-9,15-16H,10-14H2,(H,24,25). The van der Waals surface area contributed by atoms with E-state index in [1.165, 1.54) is 16.5 Å². The highest BCUT2D eigenvalue weighted by Crippen LogP contribution is 2.27. The van der Waals surface area contributed by atoms with Crippen molar-refractivity contribution in [2.24, 2.45) is 5.92 Å². The van der Waals surface area contributed by atoms with E-state index in [-0.39, 0.29) is 5.92 Å². The quantitative estimate of drug-likeness (QED) is 0.786. The Morgan fingerprint density at radius 1 is 1.00 bits per heavy atom. The second kappa shape index (κ2) is 6.73. The SMILES string of the molecule is O=C(O)C1CCN(Cc2cn(-c3ccccc3)c3ccccc23)CC1. The summed E-state index contributed by atoms with van der Waals surface area (Å²) in [6.45, 7) is 2.57. The number of para-hydroxylation sites is 2. The van der Waals surface area contributed by atoms with Gasteiger partial charge in [-0.25, -0.2) is 0 Å². The third kappa shape index (κ3) is 3.17. The Morgan fingerprint density at radius 3 is 2.40 bits per heavy atom. The second-order valence-corrected chi connectivity index (χ2v) is 6.77. The molecule has 128 valence electrons. The number of piperidine rings is 1. The fourth-order valence-corrected chi connectivity index (χ4v) is 3.76. The zero-order valence-corrected chi connectivity index (χ0v) is 14.1. The summed E-state index contributed by atoms with van der Waals surface area (Å²) in [7, 11) is 0. The van der Waals surface area contributed by atoms with E-state index in [1.54, 1.807) is 0 Å². The lowest BCUT2D eigenvalue weighted by Crippen LogP contribution is -2.35. The topological polar surface area (TPSA) is 45.5 Å². The molecule has 1 fully saturated rings. The summed E-state index contributed by atoms with van der Waals surface area (Å²) in [6.07, 6.45) is 3.71. The number of nitrogens with zero attached hydrogens (tertiary/aromatic N) is 2. The molecule has 3 aromatic rings. The van der Waals surface area contributed by atoms with E-state index in [9.17, 15) is 4.79 Å². The van der Waals surface area contributed by atoms with Gasteiger partial charge in [-0.2, -0.15) is 0 Å². The molecule has 0 spiro atoms. The van der Waals surface area contributed by atoms with Gasteiger partial charge in [-0.05, 0) is 49.7 Å². The lowest BCUT2D eigenvalue weighted by atomic mass is 9.97. The lowest BCUT2D eigenvalue weighted by molar-refractivity contribution is -0.143. The number of hydrogen-bond donors (Lipinski definition) is 1. The van der Waals surface area contributed by atoms with Crippen LogP contribution in [0, 0.1) is 5.92 Å². The summed E-state index contributed by atoms with van der Waals surface area (Å²) in [5.41, 5.74) is 3.67. The molecule has 0 bridgehead atoms. The molecule has 25 heavy (non-hydrogen) atoms. The van der Waals surface area contributed by atoms with Gasteiger partial charge in [-0.3, -0.25) is 9.69 Å². The fourth-order valence-electron chi connectivity index (χ4n) is 3.76. The van der Waals surface area contributed by atoms with Crippen molar-refractivity contribution < 1.29 is 9.90 Å². The third-order valence-corrected chi connectivity index (χ3v) is 5.16. The number of benzene rings is 2. The van der Waals surface area contributed by atoms with E-state index < -0.39 is 5.97 Å². The van der Waals surface area contributed by atoms with Crippen LogP contribution in [-0.2, 0) is 11.3 Å². The van der Waals surface area contributed by atoms with Crippen LogP contribution in [0.15, 0.2) is 60.8 Å². The number of fused-ring (bicyclic) bond motifs is 1. The number of carboxylic acids is 1. The summed E-state index contributed by atoms with van der Waals surface area (Å²) in [6, 6.07) is 18.9. The maximum atomic E-state index is 11.1. The number of carboxylic acid groups (broad SMARTS) is 1. The molecule has 0 aliphatic carbocycles. The third-order valence-electron chi connectivity index (χ3n) is 5.16. The van der Waals surface area contributed by atoms with Gasteiger partial charge < -0.3 is 9.67 Å². The zero-order chi connectivity index (χ0) is 17.2. The van der Waals surface area contributed by atoms with E-state index in [2.05, 4.69) is 64.2 Å². The molecule has 0 radical (unpaired) electrons. The van der Waals surface area contributed by atoms with Crippen molar-refractivity contribution in [1.82, 2.24) is 9.47 Å². The first-order valence-electron chi connectivity index (χ1n) is 8.82. The van der Waals surface area contributed by atoms with E-state index in [4.69, 9.17) is 5.11 Å². The van der Waals surface area contributed by atoms with Gasteiger partial charge in [0.05, 0.1) is 11.4 Å². The van der Waals surface area contributed by atoms with Crippen molar-refractivity contribution in [3.05, 3.63) is 66.4 Å². The largest absolute Gasteiger partial charge is 0.481 e. The van der Waals surface area contributed by atoms with Gasteiger partial charge in [0.15, 0.2) is 0 Å². The van der Waals surface area contributed by atoms with E-state index in [0.717, 1.165) is 38.2 Å². The van der Waals surface area contributed by atoms with Crippen molar-refractivity contribution in [3.63, 3.8) is 0 Å². The van der Waals surface area contributed by atoms with Crippen LogP contribution in [0.1, 0.15) is 18.4 Å². The van der Waals surface area contributed by atoms with Crippen molar-refractivity contribution in [2.45, 2.75) is 19.4 Å². The Hall–Kier alpha value is -2.59. The normalized spacial score (nSPS) is 16.3. The van der Waals surface area contributed by atoms with Crippen LogP contribution >= 0.6 is 0 Å².